The van der Waals surface area contributed by atoms with Crippen LogP contribution in [0.25, 0.3) is 0 Å². The van der Waals surface area contributed by atoms with Crippen molar-refractivity contribution in [2.24, 2.45) is 5.41 Å². The standard InChI is InChI=1S/C20H29NO2.ClH/c1-5-12-23-13-11-21-10-9-20(4)16-7-6-8-17(22)15(16)14-18(21)19(20,2)3;/h5-8,18,22H,1,9-14H2,2-4H3;1H. The summed E-state index contributed by atoms with van der Waals surface area (Å²) >= 11 is 0. The molecule has 2 unspecified atom stereocenters. The fourth-order valence-corrected chi connectivity index (χ4v) is 4.65. The zero-order valence-electron chi connectivity index (χ0n) is 15.0. The van der Waals surface area contributed by atoms with Crippen molar-refractivity contribution in [3.05, 3.63) is 42.0 Å². The van der Waals surface area contributed by atoms with E-state index in [2.05, 4.69) is 38.3 Å². The first-order valence-corrected chi connectivity index (χ1v) is 8.66. The van der Waals surface area contributed by atoms with E-state index in [1.165, 1.54) is 5.56 Å². The number of halogens is 1. The number of piperidine rings is 1. The van der Waals surface area contributed by atoms with Crippen molar-refractivity contribution in [1.29, 1.82) is 0 Å². The lowest BCUT2D eigenvalue weighted by Crippen LogP contribution is -2.64. The summed E-state index contributed by atoms with van der Waals surface area (Å²) in [6.07, 6.45) is 3.84. The largest absolute Gasteiger partial charge is 0.508 e. The van der Waals surface area contributed by atoms with Crippen molar-refractivity contribution in [3.63, 3.8) is 0 Å². The van der Waals surface area contributed by atoms with Crippen LogP contribution in [0, 0.1) is 5.41 Å². The second-order valence-electron chi connectivity index (χ2n) is 7.73. The molecule has 24 heavy (non-hydrogen) atoms. The van der Waals surface area contributed by atoms with Crippen molar-refractivity contribution >= 4 is 12.4 Å². The minimum Gasteiger partial charge on any atom is -0.508 e. The van der Waals surface area contributed by atoms with Gasteiger partial charge in [-0.05, 0) is 42.0 Å². The van der Waals surface area contributed by atoms with E-state index in [1.807, 2.05) is 12.1 Å². The number of benzene rings is 1. The van der Waals surface area contributed by atoms with Crippen LogP contribution in [0.4, 0.5) is 0 Å². The average molecular weight is 352 g/mol. The zero-order chi connectivity index (χ0) is 16.7. The lowest BCUT2D eigenvalue weighted by molar-refractivity contribution is -0.0473. The van der Waals surface area contributed by atoms with E-state index in [0.29, 0.717) is 18.4 Å². The Labute approximate surface area is 152 Å². The third kappa shape index (κ3) is 2.87. The molecule has 0 spiro atoms. The van der Waals surface area contributed by atoms with Crippen LogP contribution in [0.15, 0.2) is 30.9 Å². The number of nitrogens with zero attached hydrogens (tertiary/aromatic N) is 1. The number of aromatic hydroxyl groups is 1. The molecule has 1 saturated heterocycles. The van der Waals surface area contributed by atoms with Gasteiger partial charge in [0.2, 0.25) is 0 Å². The van der Waals surface area contributed by atoms with Gasteiger partial charge in [0, 0.05) is 18.0 Å². The van der Waals surface area contributed by atoms with Crippen molar-refractivity contribution < 1.29 is 9.84 Å². The summed E-state index contributed by atoms with van der Waals surface area (Å²) in [5.74, 6) is 0.457. The van der Waals surface area contributed by atoms with Gasteiger partial charge >= 0.3 is 0 Å². The van der Waals surface area contributed by atoms with Crippen LogP contribution in [0.2, 0.25) is 0 Å². The Kier molecular flexibility index (Phi) is 5.68. The molecule has 1 aromatic carbocycles. The van der Waals surface area contributed by atoms with Gasteiger partial charge in [0.1, 0.15) is 5.75 Å². The summed E-state index contributed by atoms with van der Waals surface area (Å²) in [5, 5.41) is 10.4. The van der Waals surface area contributed by atoms with E-state index in [-0.39, 0.29) is 23.2 Å². The van der Waals surface area contributed by atoms with Gasteiger partial charge in [-0.15, -0.1) is 19.0 Å². The maximum atomic E-state index is 10.4. The van der Waals surface area contributed by atoms with Crippen molar-refractivity contribution in [1.82, 2.24) is 4.90 Å². The predicted octanol–water partition coefficient (Wildman–Crippen LogP) is 3.93. The monoisotopic (exact) mass is 351 g/mol. The topological polar surface area (TPSA) is 32.7 Å². The molecule has 1 N–H and O–H groups in total. The first kappa shape index (κ1) is 19.3. The van der Waals surface area contributed by atoms with Gasteiger partial charge in [0.05, 0.1) is 13.2 Å². The highest BCUT2D eigenvalue weighted by Gasteiger charge is 2.56. The summed E-state index contributed by atoms with van der Waals surface area (Å²) in [4.78, 5) is 2.56. The van der Waals surface area contributed by atoms with E-state index < -0.39 is 0 Å². The molecule has 1 aromatic rings. The second kappa shape index (κ2) is 7.07. The lowest BCUT2D eigenvalue weighted by atomic mass is 9.51. The summed E-state index contributed by atoms with van der Waals surface area (Å²) < 4.78 is 5.60. The molecule has 1 heterocycles. The molecule has 134 valence electrons. The number of rotatable bonds is 5. The summed E-state index contributed by atoms with van der Waals surface area (Å²) in [7, 11) is 0. The van der Waals surface area contributed by atoms with Gasteiger partial charge in [-0.1, -0.05) is 39.0 Å². The smallest absolute Gasteiger partial charge is 0.119 e. The number of phenolic OH excluding ortho intramolecular Hbond substituents is 1. The van der Waals surface area contributed by atoms with Crippen molar-refractivity contribution in [2.45, 2.75) is 45.1 Å². The van der Waals surface area contributed by atoms with Gasteiger partial charge in [-0.2, -0.15) is 0 Å². The van der Waals surface area contributed by atoms with E-state index >= 15 is 0 Å². The quantitative estimate of drug-likeness (QED) is 0.644. The Balaban J connectivity index is 0.00000208. The van der Waals surface area contributed by atoms with Gasteiger partial charge in [0.15, 0.2) is 0 Å². The maximum absolute atomic E-state index is 10.4. The minimum atomic E-state index is 0. The molecule has 1 fully saturated rings. The Morgan fingerprint density at radius 2 is 2.12 bits per heavy atom. The highest BCUT2D eigenvalue weighted by molar-refractivity contribution is 5.85. The molecule has 3 rings (SSSR count). The maximum Gasteiger partial charge on any atom is 0.119 e. The van der Waals surface area contributed by atoms with E-state index in [0.717, 1.165) is 38.1 Å². The average Bonchev–Trinajstić information content (AvgIpc) is 2.50. The predicted molar refractivity (Wildman–Crippen MR) is 101 cm³/mol. The van der Waals surface area contributed by atoms with Crippen LogP contribution in [0.3, 0.4) is 0 Å². The van der Waals surface area contributed by atoms with Gasteiger partial charge in [-0.25, -0.2) is 0 Å². The molecule has 0 amide bonds. The molecule has 2 atom stereocenters. The number of fused-ring (bicyclic) bond motifs is 4. The lowest BCUT2D eigenvalue weighted by Gasteiger charge is -2.61. The molecular formula is C20H30ClNO2. The van der Waals surface area contributed by atoms with Crippen LogP contribution in [0.1, 0.15) is 38.3 Å². The van der Waals surface area contributed by atoms with Crippen molar-refractivity contribution in [3.8, 4) is 5.75 Å². The SMILES string of the molecule is C=CCOCCN1CCC2(C)c3cccc(O)c3CC1C2(C)C.Cl. The van der Waals surface area contributed by atoms with Crippen LogP contribution < -0.4 is 0 Å². The zero-order valence-corrected chi connectivity index (χ0v) is 15.9. The number of phenols is 1. The van der Waals surface area contributed by atoms with E-state index in [1.54, 1.807) is 6.08 Å². The Bertz CT molecular complexity index is 601. The van der Waals surface area contributed by atoms with Gasteiger partial charge < -0.3 is 9.84 Å². The Morgan fingerprint density at radius 1 is 1.38 bits per heavy atom. The first-order valence-electron chi connectivity index (χ1n) is 8.66. The second-order valence-corrected chi connectivity index (χ2v) is 7.73. The summed E-state index contributed by atoms with van der Waals surface area (Å²) in [5.41, 5.74) is 2.78. The molecule has 1 aliphatic carbocycles. The summed E-state index contributed by atoms with van der Waals surface area (Å²) in [6.45, 7) is 14.2. The molecule has 2 bridgehead atoms. The number of likely N-dealkylation sites (tertiary alicyclic amines) is 1. The van der Waals surface area contributed by atoms with Crippen molar-refractivity contribution in [2.75, 3.05) is 26.3 Å². The molecule has 0 aromatic heterocycles. The third-order valence-corrected chi connectivity index (χ3v) is 6.50. The van der Waals surface area contributed by atoms with E-state index in [9.17, 15) is 5.11 Å². The van der Waals surface area contributed by atoms with Gasteiger partial charge in [-0.3, -0.25) is 4.90 Å². The Morgan fingerprint density at radius 3 is 2.83 bits per heavy atom. The first-order chi connectivity index (χ1) is 10.9. The fraction of sp³-hybridized carbons (Fsp3) is 0.600. The molecule has 2 aliphatic rings. The number of ether oxygens (including phenoxy) is 1. The molecular weight excluding hydrogens is 322 g/mol. The normalized spacial score (nSPS) is 27.9. The number of hydrogen-bond donors (Lipinski definition) is 1. The molecule has 0 radical (unpaired) electrons. The Hall–Kier alpha value is -1.03. The van der Waals surface area contributed by atoms with Crippen LogP contribution >= 0.6 is 12.4 Å². The molecule has 3 nitrogen and oxygen atoms in total. The highest BCUT2D eigenvalue weighted by atomic mass is 35.5. The molecule has 1 aliphatic heterocycles. The third-order valence-electron chi connectivity index (χ3n) is 6.50. The summed E-state index contributed by atoms with van der Waals surface area (Å²) in [6, 6.07) is 6.48. The highest BCUT2D eigenvalue weighted by Crippen LogP contribution is 2.56. The molecule has 0 saturated carbocycles. The fourth-order valence-electron chi connectivity index (χ4n) is 4.65. The van der Waals surface area contributed by atoms with Crippen LogP contribution in [-0.2, 0) is 16.6 Å². The number of hydrogen-bond acceptors (Lipinski definition) is 3. The molecule has 4 heteroatoms. The van der Waals surface area contributed by atoms with Crippen LogP contribution in [-0.4, -0.2) is 42.4 Å². The van der Waals surface area contributed by atoms with Crippen LogP contribution in [0.5, 0.6) is 5.75 Å². The van der Waals surface area contributed by atoms with E-state index in [4.69, 9.17) is 4.74 Å². The minimum absolute atomic E-state index is 0. The van der Waals surface area contributed by atoms with Gasteiger partial charge in [0.25, 0.3) is 0 Å².